The minimum Gasteiger partial charge on any atom is -0.207 e. The fraction of sp³-hybridized carbons (Fsp3) is 0.111. The Morgan fingerprint density at radius 1 is 0.950 bits per heavy atom. The molecule has 0 saturated heterocycles. The van der Waals surface area contributed by atoms with Crippen molar-refractivity contribution in [2.75, 3.05) is 0 Å². The highest BCUT2D eigenvalue weighted by atomic mass is 14.7. The van der Waals surface area contributed by atoms with Crippen LogP contribution >= 0.6 is 0 Å². The standard InChI is InChI=1S/C18H16N2/c1-3-15(16-8-6-5-7-9-16)14-20-18-12-10-17(11-13-18)19-4-2/h5-13H,2-3H2,1H3. The van der Waals surface area contributed by atoms with Crippen LogP contribution in [0.2, 0.25) is 0 Å². The molecule has 0 spiro atoms. The van der Waals surface area contributed by atoms with Gasteiger partial charge in [-0.15, -0.1) is 0 Å². The first kappa shape index (κ1) is 13.8. The van der Waals surface area contributed by atoms with Crippen molar-refractivity contribution in [1.82, 2.24) is 0 Å². The van der Waals surface area contributed by atoms with Crippen molar-refractivity contribution in [3.05, 3.63) is 66.7 Å². The Hall–Kier alpha value is -2.66. The molecule has 0 aliphatic heterocycles. The van der Waals surface area contributed by atoms with Gasteiger partial charge < -0.3 is 0 Å². The van der Waals surface area contributed by atoms with Gasteiger partial charge in [0.05, 0.1) is 11.4 Å². The number of rotatable bonds is 4. The van der Waals surface area contributed by atoms with E-state index < -0.39 is 0 Å². The molecule has 0 heterocycles. The average molecular weight is 260 g/mol. The maximum atomic E-state index is 4.39. The lowest BCUT2D eigenvalue weighted by Crippen LogP contribution is -1.82. The summed E-state index contributed by atoms with van der Waals surface area (Å²) in [7, 11) is 0. The van der Waals surface area contributed by atoms with Crippen molar-refractivity contribution < 1.29 is 0 Å². The largest absolute Gasteiger partial charge is 0.207 e. The van der Waals surface area contributed by atoms with Crippen LogP contribution in [0.4, 0.5) is 11.4 Å². The van der Waals surface area contributed by atoms with Gasteiger partial charge in [-0.3, -0.25) is 0 Å². The molecule has 0 bridgehead atoms. The SMILES string of the molecule is C=C=Nc1ccc(N=C=C(CC)c2ccccc2)cc1. The summed E-state index contributed by atoms with van der Waals surface area (Å²) in [6.07, 6.45) is 0.895. The Morgan fingerprint density at radius 3 is 2.10 bits per heavy atom. The summed E-state index contributed by atoms with van der Waals surface area (Å²) < 4.78 is 0. The monoisotopic (exact) mass is 260 g/mol. The van der Waals surface area contributed by atoms with Crippen molar-refractivity contribution in [3.63, 3.8) is 0 Å². The van der Waals surface area contributed by atoms with Gasteiger partial charge in [0.1, 0.15) is 0 Å². The lowest BCUT2D eigenvalue weighted by atomic mass is 10.1. The van der Waals surface area contributed by atoms with E-state index in [1.54, 1.807) is 0 Å². The van der Waals surface area contributed by atoms with E-state index in [0.717, 1.165) is 28.9 Å². The van der Waals surface area contributed by atoms with Crippen LogP contribution in [-0.4, -0.2) is 11.7 Å². The molecule has 20 heavy (non-hydrogen) atoms. The van der Waals surface area contributed by atoms with E-state index in [4.69, 9.17) is 0 Å². The predicted octanol–water partition coefficient (Wildman–Crippen LogP) is 4.97. The van der Waals surface area contributed by atoms with Gasteiger partial charge in [0.2, 0.25) is 0 Å². The smallest absolute Gasteiger partial charge is 0.0731 e. The summed E-state index contributed by atoms with van der Waals surface area (Å²) >= 11 is 0. The average Bonchev–Trinajstić information content (AvgIpc) is 2.51. The molecule has 0 N–H and O–H groups in total. The number of benzene rings is 2. The third kappa shape index (κ3) is 3.66. The van der Waals surface area contributed by atoms with Crippen LogP contribution in [0.15, 0.2) is 71.2 Å². The fourth-order valence-corrected chi connectivity index (χ4v) is 1.81. The second-order valence-electron chi connectivity index (χ2n) is 4.21. The minimum absolute atomic E-state index is 0.821. The molecule has 0 saturated carbocycles. The minimum atomic E-state index is 0.821. The summed E-state index contributed by atoms with van der Waals surface area (Å²) in [6.45, 7) is 5.56. The van der Waals surface area contributed by atoms with Crippen molar-refractivity contribution >= 4 is 28.7 Å². The van der Waals surface area contributed by atoms with E-state index in [0.29, 0.717) is 0 Å². The van der Waals surface area contributed by atoms with Crippen LogP contribution < -0.4 is 0 Å². The molecule has 0 amide bonds. The molecule has 0 atom stereocenters. The zero-order valence-electron chi connectivity index (χ0n) is 11.5. The van der Waals surface area contributed by atoms with Gasteiger partial charge in [0.15, 0.2) is 0 Å². The summed E-state index contributed by atoms with van der Waals surface area (Å²) in [5, 5.41) is 0. The Kier molecular flexibility index (Phi) is 4.86. The lowest BCUT2D eigenvalue weighted by molar-refractivity contribution is 1.25. The van der Waals surface area contributed by atoms with E-state index in [1.807, 2.05) is 42.5 Å². The second kappa shape index (κ2) is 7.06. The third-order valence-electron chi connectivity index (χ3n) is 2.85. The molecule has 0 fully saturated rings. The number of hydrogen-bond acceptors (Lipinski definition) is 2. The maximum absolute atomic E-state index is 4.39. The molecule has 0 aromatic heterocycles. The number of aliphatic imine (C=N–C) groups is 2. The van der Waals surface area contributed by atoms with Crippen LogP contribution in [-0.2, 0) is 0 Å². The highest BCUT2D eigenvalue weighted by Crippen LogP contribution is 2.19. The highest BCUT2D eigenvalue weighted by Gasteiger charge is 1.97. The number of hydrogen-bond donors (Lipinski definition) is 0. The molecular formula is C18H16N2. The second-order valence-corrected chi connectivity index (χ2v) is 4.21. The maximum Gasteiger partial charge on any atom is 0.0731 e. The van der Waals surface area contributed by atoms with Crippen LogP contribution in [0.5, 0.6) is 0 Å². The molecule has 2 rings (SSSR count). The van der Waals surface area contributed by atoms with Crippen LogP contribution in [0, 0.1) is 0 Å². The zero-order chi connectivity index (χ0) is 14.2. The topological polar surface area (TPSA) is 24.7 Å². The van der Waals surface area contributed by atoms with Crippen LogP contribution in [0.25, 0.3) is 5.57 Å². The van der Waals surface area contributed by atoms with Gasteiger partial charge in [-0.2, -0.15) is 0 Å². The van der Waals surface area contributed by atoms with Gasteiger partial charge >= 0.3 is 0 Å². The molecule has 2 aromatic rings. The van der Waals surface area contributed by atoms with E-state index >= 15 is 0 Å². The van der Waals surface area contributed by atoms with Crippen molar-refractivity contribution in [2.24, 2.45) is 9.98 Å². The molecule has 2 nitrogen and oxygen atoms in total. The summed E-state index contributed by atoms with van der Waals surface area (Å²) in [5.74, 6) is 5.65. The molecular weight excluding hydrogens is 244 g/mol. The Bertz CT molecular complexity index is 669. The van der Waals surface area contributed by atoms with Gasteiger partial charge in [0.25, 0.3) is 0 Å². The molecule has 0 unspecified atom stereocenters. The normalized spacial score (nSPS) is 9.25. The molecule has 0 radical (unpaired) electrons. The van der Waals surface area contributed by atoms with Gasteiger partial charge in [0, 0.05) is 5.57 Å². The lowest BCUT2D eigenvalue weighted by Gasteiger charge is -1.99. The predicted molar refractivity (Wildman–Crippen MR) is 86.4 cm³/mol. The fourth-order valence-electron chi connectivity index (χ4n) is 1.81. The molecule has 0 aliphatic carbocycles. The number of allylic oxidation sites excluding steroid dienone is 1. The van der Waals surface area contributed by atoms with Crippen LogP contribution in [0.3, 0.4) is 0 Å². The van der Waals surface area contributed by atoms with E-state index in [1.165, 1.54) is 0 Å². The zero-order valence-corrected chi connectivity index (χ0v) is 11.5. The Labute approximate surface area is 119 Å². The molecule has 2 aromatic carbocycles. The van der Waals surface area contributed by atoms with Gasteiger partial charge in [-0.25, -0.2) is 9.98 Å². The van der Waals surface area contributed by atoms with E-state index in [9.17, 15) is 0 Å². The third-order valence-corrected chi connectivity index (χ3v) is 2.85. The van der Waals surface area contributed by atoms with Gasteiger partial charge in [-0.1, -0.05) is 37.3 Å². The van der Waals surface area contributed by atoms with E-state index in [-0.39, 0.29) is 0 Å². The first-order chi connectivity index (χ1) is 9.83. The quantitative estimate of drug-likeness (QED) is 0.693. The Balaban J connectivity index is 2.29. The highest BCUT2D eigenvalue weighted by molar-refractivity contribution is 5.90. The van der Waals surface area contributed by atoms with Crippen molar-refractivity contribution in [3.8, 4) is 0 Å². The summed E-state index contributed by atoms with van der Waals surface area (Å²) in [6, 6.07) is 17.8. The van der Waals surface area contributed by atoms with Crippen molar-refractivity contribution in [2.45, 2.75) is 13.3 Å². The Morgan fingerprint density at radius 2 is 1.55 bits per heavy atom. The first-order valence-electron chi connectivity index (χ1n) is 6.54. The first-order valence-corrected chi connectivity index (χ1v) is 6.54. The van der Waals surface area contributed by atoms with Crippen LogP contribution in [0.1, 0.15) is 18.9 Å². The van der Waals surface area contributed by atoms with E-state index in [2.05, 4.69) is 47.4 Å². The van der Waals surface area contributed by atoms with Gasteiger partial charge in [-0.05, 0) is 54.6 Å². The van der Waals surface area contributed by atoms with Crippen molar-refractivity contribution in [1.29, 1.82) is 0 Å². The summed E-state index contributed by atoms with van der Waals surface area (Å²) in [4.78, 5) is 8.37. The molecule has 2 heteroatoms. The molecule has 0 aliphatic rings. The summed E-state index contributed by atoms with van der Waals surface area (Å²) in [5.41, 5.74) is 3.93. The number of nitrogens with zero attached hydrogens (tertiary/aromatic N) is 2. The molecule has 98 valence electrons.